The summed E-state index contributed by atoms with van der Waals surface area (Å²) < 4.78 is 5.65. The Kier molecular flexibility index (Phi) is 5.61. The Bertz CT molecular complexity index is 744. The van der Waals surface area contributed by atoms with Crippen LogP contribution in [0.5, 0.6) is 0 Å². The molecule has 0 unspecified atom stereocenters. The number of hydrogen-bond donors (Lipinski definition) is 1. The van der Waals surface area contributed by atoms with Gasteiger partial charge in [0.25, 0.3) is 0 Å². The van der Waals surface area contributed by atoms with Crippen molar-refractivity contribution in [3.05, 3.63) is 48.2 Å². The highest BCUT2D eigenvalue weighted by atomic mass is 16.3. The minimum atomic E-state index is -0.715. The standard InChI is InChI=1S/C19H21N3O3/c23-18(19(24)22-12-6-1-2-7-13-22)21-20-14-16-10-11-17(25-16)15-8-4-3-5-9-15/h3-5,8-11,14H,1-2,6-7,12-13H2,(H,21,23). The summed E-state index contributed by atoms with van der Waals surface area (Å²) >= 11 is 0. The van der Waals surface area contributed by atoms with Gasteiger partial charge >= 0.3 is 11.8 Å². The number of nitrogens with zero attached hydrogens (tertiary/aromatic N) is 2. The van der Waals surface area contributed by atoms with Crippen LogP contribution in [0.2, 0.25) is 0 Å². The third kappa shape index (κ3) is 4.56. The number of furan rings is 1. The molecule has 3 rings (SSSR count). The van der Waals surface area contributed by atoms with Gasteiger partial charge in [0.05, 0.1) is 6.21 Å². The van der Waals surface area contributed by atoms with Gasteiger partial charge in [0.1, 0.15) is 11.5 Å². The summed E-state index contributed by atoms with van der Waals surface area (Å²) in [5.74, 6) is -0.0214. The molecule has 2 amide bonds. The van der Waals surface area contributed by atoms with E-state index in [1.807, 2.05) is 36.4 Å². The minimum absolute atomic E-state index is 0.501. The molecule has 25 heavy (non-hydrogen) atoms. The first-order chi connectivity index (χ1) is 12.2. The fourth-order valence-corrected chi connectivity index (χ4v) is 2.80. The van der Waals surface area contributed by atoms with Crippen molar-refractivity contribution >= 4 is 18.0 Å². The monoisotopic (exact) mass is 339 g/mol. The Morgan fingerprint density at radius 1 is 1.00 bits per heavy atom. The number of amides is 2. The summed E-state index contributed by atoms with van der Waals surface area (Å²) in [6.07, 6.45) is 5.48. The van der Waals surface area contributed by atoms with E-state index in [0.717, 1.165) is 31.2 Å². The SMILES string of the molecule is O=C(NN=Cc1ccc(-c2ccccc2)o1)C(=O)N1CCCCCC1. The van der Waals surface area contributed by atoms with Crippen LogP contribution in [-0.4, -0.2) is 36.0 Å². The molecule has 1 fully saturated rings. The van der Waals surface area contributed by atoms with E-state index < -0.39 is 11.8 Å². The van der Waals surface area contributed by atoms with E-state index in [1.54, 1.807) is 11.0 Å². The van der Waals surface area contributed by atoms with Crippen molar-refractivity contribution in [2.24, 2.45) is 5.10 Å². The highest BCUT2D eigenvalue weighted by Gasteiger charge is 2.22. The Morgan fingerprint density at radius 2 is 1.72 bits per heavy atom. The number of likely N-dealkylation sites (tertiary alicyclic amines) is 1. The highest BCUT2D eigenvalue weighted by molar-refractivity contribution is 6.35. The summed E-state index contributed by atoms with van der Waals surface area (Å²) in [7, 11) is 0. The van der Waals surface area contributed by atoms with Gasteiger partial charge in [0.2, 0.25) is 0 Å². The Labute approximate surface area is 146 Å². The van der Waals surface area contributed by atoms with Crippen LogP contribution in [-0.2, 0) is 9.59 Å². The van der Waals surface area contributed by atoms with Gasteiger partial charge in [-0.3, -0.25) is 9.59 Å². The average molecular weight is 339 g/mol. The van der Waals surface area contributed by atoms with Crippen molar-refractivity contribution in [3.8, 4) is 11.3 Å². The number of hydrazone groups is 1. The van der Waals surface area contributed by atoms with Crippen molar-refractivity contribution in [1.29, 1.82) is 0 Å². The first kappa shape index (κ1) is 17.0. The molecule has 1 aromatic carbocycles. The third-order valence-corrected chi connectivity index (χ3v) is 4.13. The van der Waals surface area contributed by atoms with E-state index in [0.29, 0.717) is 24.6 Å². The lowest BCUT2D eigenvalue weighted by molar-refractivity contribution is -0.145. The van der Waals surface area contributed by atoms with Gasteiger partial charge in [0.15, 0.2) is 0 Å². The smallest absolute Gasteiger partial charge is 0.329 e. The zero-order chi connectivity index (χ0) is 17.5. The van der Waals surface area contributed by atoms with Crippen LogP contribution in [0.3, 0.4) is 0 Å². The second-order valence-corrected chi connectivity index (χ2v) is 5.97. The highest BCUT2D eigenvalue weighted by Crippen LogP contribution is 2.20. The summed E-state index contributed by atoms with van der Waals surface area (Å²) in [5, 5.41) is 3.82. The number of rotatable bonds is 3. The predicted octanol–water partition coefficient (Wildman–Crippen LogP) is 2.80. The van der Waals surface area contributed by atoms with Crippen LogP contribution < -0.4 is 5.43 Å². The van der Waals surface area contributed by atoms with Gasteiger partial charge in [0, 0.05) is 18.7 Å². The first-order valence-electron chi connectivity index (χ1n) is 8.51. The molecule has 1 saturated heterocycles. The van der Waals surface area contributed by atoms with E-state index in [4.69, 9.17) is 4.42 Å². The lowest BCUT2D eigenvalue weighted by Gasteiger charge is -2.18. The fraction of sp³-hybridized carbons (Fsp3) is 0.316. The van der Waals surface area contributed by atoms with E-state index in [-0.39, 0.29) is 0 Å². The van der Waals surface area contributed by atoms with Gasteiger partial charge < -0.3 is 9.32 Å². The minimum Gasteiger partial charge on any atom is -0.455 e. The normalized spacial score (nSPS) is 15.1. The Hall–Kier alpha value is -2.89. The molecular weight excluding hydrogens is 318 g/mol. The van der Waals surface area contributed by atoms with Crippen molar-refractivity contribution < 1.29 is 14.0 Å². The van der Waals surface area contributed by atoms with Crippen molar-refractivity contribution in [2.45, 2.75) is 25.7 Å². The molecule has 1 aliphatic rings. The summed E-state index contributed by atoms with van der Waals surface area (Å²) in [5.41, 5.74) is 3.24. The van der Waals surface area contributed by atoms with Gasteiger partial charge in [-0.25, -0.2) is 5.43 Å². The molecule has 1 aromatic heterocycles. The van der Waals surface area contributed by atoms with E-state index in [1.165, 1.54) is 6.21 Å². The van der Waals surface area contributed by atoms with E-state index in [9.17, 15) is 9.59 Å². The zero-order valence-electron chi connectivity index (χ0n) is 14.0. The van der Waals surface area contributed by atoms with E-state index in [2.05, 4.69) is 10.5 Å². The van der Waals surface area contributed by atoms with Crippen LogP contribution in [0.1, 0.15) is 31.4 Å². The molecule has 0 atom stereocenters. The molecule has 1 N–H and O–H groups in total. The van der Waals surface area contributed by atoms with Gasteiger partial charge in [-0.2, -0.15) is 5.10 Å². The maximum absolute atomic E-state index is 12.1. The Balaban J connectivity index is 1.55. The number of hydrogen-bond acceptors (Lipinski definition) is 4. The van der Waals surface area contributed by atoms with Crippen LogP contribution in [0.25, 0.3) is 11.3 Å². The first-order valence-corrected chi connectivity index (χ1v) is 8.51. The zero-order valence-corrected chi connectivity index (χ0v) is 14.0. The lowest BCUT2D eigenvalue weighted by Crippen LogP contribution is -2.41. The number of carbonyl (C=O) groups is 2. The van der Waals surface area contributed by atoms with Gasteiger partial charge in [-0.05, 0) is 25.0 Å². The molecule has 2 heterocycles. The molecule has 0 radical (unpaired) electrons. The van der Waals surface area contributed by atoms with Crippen molar-refractivity contribution in [1.82, 2.24) is 10.3 Å². The second-order valence-electron chi connectivity index (χ2n) is 5.97. The topological polar surface area (TPSA) is 74.9 Å². The molecule has 6 nitrogen and oxygen atoms in total. The molecule has 0 saturated carbocycles. The fourth-order valence-electron chi connectivity index (χ4n) is 2.80. The molecule has 1 aliphatic heterocycles. The molecule has 0 bridgehead atoms. The van der Waals surface area contributed by atoms with Crippen LogP contribution in [0.15, 0.2) is 52.0 Å². The lowest BCUT2D eigenvalue weighted by atomic mass is 10.2. The molecule has 2 aromatic rings. The van der Waals surface area contributed by atoms with Crippen molar-refractivity contribution in [3.63, 3.8) is 0 Å². The largest absolute Gasteiger partial charge is 0.455 e. The predicted molar refractivity (Wildman–Crippen MR) is 94.9 cm³/mol. The summed E-state index contributed by atoms with van der Waals surface area (Å²) in [6, 6.07) is 13.3. The number of carbonyl (C=O) groups excluding carboxylic acids is 2. The molecular formula is C19H21N3O3. The van der Waals surface area contributed by atoms with Crippen LogP contribution >= 0.6 is 0 Å². The number of nitrogens with one attached hydrogen (secondary N) is 1. The van der Waals surface area contributed by atoms with E-state index >= 15 is 0 Å². The maximum Gasteiger partial charge on any atom is 0.329 e. The third-order valence-electron chi connectivity index (χ3n) is 4.13. The second kappa shape index (κ2) is 8.28. The quantitative estimate of drug-likeness (QED) is 0.531. The average Bonchev–Trinajstić information content (AvgIpc) is 2.95. The molecule has 0 aliphatic carbocycles. The van der Waals surface area contributed by atoms with Crippen LogP contribution in [0.4, 0.5) is 0 Å². The summed E-state index contributed by atoms with van der Waals surface area (Å²) in [4.78, 5) is 25.6. The van der Waals surface area contributed by atoms with Gasteiger partial charge in [-0.15, -0.1) is 0 Å². The molecule has 130 valence electrons. The molecule has 6 heteroatoms. The Morgan fingerprint density at radius 3 is 2.44 bits per heavy atom. The van der Waals surface area contributed by atoms with Crippen molar-refractivity contribution in [2.75, 3.05) is 13.1 Å². The maximum atomic E-state index is 12.1. The summed E-state index contributed by atoms with van der Waals surface area (Å²) in [6.45, 7) is 1.27. The van der Waals surface area contributed by atoms with Gasteiger partial charge in [-0.1, -0.05) is 43.2 Å². The number of benzene rings is 1. The van der Waals surface area contributed by atoms with Crippen LogP contribution in [0, 0.1) is 0 Å². The molecule has 0 spiro atoms.